The summed E-state index contributed by atoms with van der Waals surface area (Å²) in [6.07, 6.45) is -4.29. The maximum atomic E-state index is 8.77. The van der Waals surface area contributed by atoms with Gasteiger partial charge in [0.25, 0.3) is 0 Å². The molecule has 0 aromatic rings. The normalized spacial score (nSPS) is 18.3. The zero-order valence-electron chi connectivity index (χ0n) is 5.88. The monoisotopic (exact) mass is 272 g/mol. The Morgan fingerprint density at radius 2 is 1.09 bits per heavy atom. The van der Waals surface area contributed by atoms with Crippen LogP contribution in [-0.2, 0) is 0 Å². The summed E-state index contributed by atoms with van der Waals surface area (Å²) in [5.74, 6) is 0. The summed E-state index contributed by atoms with van der Waals surface area (Å²) in [4.78, 5) is 0. The molecule has 0 aliphatic heterocycles. The number of aliphatic hydroxyl groups excluding tert-OH is 5. The molecule has 4 radical (unpaired) electrons. The Labute approximate surface area is 81.2 Å². The van der Waals surface area contributed by atoms with Crippen molar-refractivity contribution in [2.75, 3.05) is 13.2 Å². The molecule has 0 rings (SSSR count). The summed E-state index contributed by atoms with van der Waals surface area (Å²) in [5.41, 5.74) is 0. The molecule has 0 bridgehead atoms. The van der Waals surface area contributed by atoms with Crippen LogP contribution in [0.3, 0.4) is 0 Å². The molecule has 0 heterocycles. The maximum Gasteiger partial charge on any atom is 0.110 e. The van der Waals surface area contributed by atoms with Crippen molar-refractivity contribution in [1.82, 2.24) is 0 Å². The van der Waals surface area contributed by atoms with E-state index in [1.54, 1.807) is 0 Å². The molecule has 0 aliphatic rings. The average molecular weight is 271 g/mol. The topological polar surface area (TPSA) is 101 Å². The molecular formula is C5H12O5Sn. The molecule has 0 aliphatic carbocycles. The molecule has 0 aromatic carbocycles. The third-order valence-corrected chi connectivity index (χ3v) is 1.16. The average Bonchev–Trinajstić information content (AvgIpc) is 2.00. The Hall–Kier alpha value is 0.599. The SMILES string of the molecule is OC[C@@H](O)C(O)[C@@H](O)CO.[Sn]. The Kier molecular flexibility index (Phi) is 9.33. The smallest absolute Gasteiger partial charge is 0.110 e. The Morgan fingerprint density at radius 1 is 0.818 bits per heavy atom. The van der Waals surface area contributed by atoms with Gasteiger partial charge in [-0.25, -0.2) is 0 Å². The van der Waals surface area contributed by atoms with Crippen molar-refractivity contribution in [3.05, 3.63) is 0 Å². The van der Waals surface area contributed by atoms with E-state index >= 15 is 0 Å². The predicted octanol–water partition coefficient (Wildman–Crippen LogP) is -3.33. The van der Waals surface area contributed by atoms with Gasteiger partial charge < -0.3 is 25.5 Å². The second-order valence-electron chi connectivity index (χ2n) is 1.99. The first-order valence-electron chi connectivity index (χ1n) is 2.89. The zero-order chi connectivity index (χ0) is 8.15. The molecule has 0 aromatic heterocycles. The van der Waals surface area contributed by atoms with Crippen molar-refractivity contribution in [3.8, 4) is 0 Å². The van der Waals surface area contributed by atoms with Crippen molar-refractivity contribution in [1.29, 1.82) is 0 Å². The largest absolute Gasteiger partial charge is 0.394 e. The number of hydrogen-bond donors (Lipinski definition) is 5. The van der Waals surface area contributed by atoms with E-state index in [1.165, 1.54) is 0 Å². The molecular weight excluding hydrogens is 259 g/mol. The van der Waals surface area contributed by atoms with Gasteiger partial charge in [0.05, 0.1) is 13.2 Å². The molecule has 0 saturated heterocycles. The Bertz CT molecular complexity index is 80.9. The van der Waals surface area contributed by atoms with Gasteiger partial charge in [-0.2, -0.15) is 0 Å². The summed E-state index contributed by atoms with van der Waals surface area (Å²) >= 11 is 0. The zero-order valence-corrected chi connectivity index (χ0v) is 8.74. The summed E-state index contributed by atoms with van der Waals surface area (Å²) in [7, 11) is 0. The Morgan fingerprint density at radius 3 is 1.27 bits per heavy atom. The third-order valence-electron chi connectivity index (χ3n) is 1.16. The standard InChI is InChI=1S/C5H12O5.Sn/c6-1-3(8)5(10)4(9)2-7;/h3-10H,1-2H2;/t3-,4+,5?;. The van der Waals surface area contributed by atoms with Crippen molar-refractivity contribution >= 4 is 23.9 Å². The molecule has 66 valence electrons. The van der Waals surface area contributed by atoms with Gasteiger partial charge in [0.15, 0.2) is 0 Å². The number of rotatable bonds is 4. The first kappa shape index (κ1) is 14.1. The van der Waals surface area contributed by atoms with E-state index in [4.69, 9.17) is 25.5 Å². The van der Waals surface area contributed by atoms with Gasteiger partial charge in [0.1, 0.15) is 18.3 Å². The second kappa shape index (κ2) is 7.26. The third kappa shape index (κ3) is 4.94. The van der Waals surface area contributed by atoms with E-state index in [9.17, 15) is 0 Å². The second-order valence-corrected chi connectivity index (χ2v) is 1.99. The van der Waals surface area contributed by atoms with E-state index in [0.29, 0.717) is 0 Å². The van der Waals surface area contributed by atoms with Gasteiger partial charge in [-0.05, 0) is 0 Å². The van der Waals surface area contributed by atoms with Crippen LogP contribution < -0.4 is 0 Å². The van der Waals surface area contributed by atoms with Gasteiger partial charge in [0.2, 0.25) is 0 Å². The van der Waals surface area contributed by atoms with E-state index < -0.39 is 31.5 Å². The van der Waals surface area contributed by atoms with Gasteiger partial charge in [-0.15, -0.1) is 0 Å². The van der Waals surface area contributed by atoms with Gasteiger partial charge in [0, 0.05) is 23.9 Å². The fourth-order valence-corrected chi connectivity index (χ4v) is 0.472. The summed E-state index contributed by atoms with van der Waals surface area (Å²) in [6, 6.07) is 0. The molecule has 3 atom stereocenters. The van der Waals surface area contributed by atoms with E-state index in [0.717, 1.165) is 0 Å². The number of aliphatic hydroxyl groups is 5. The van der Waals surface area contributed by atoms with E-state index in [1.807, 2.05) is 0 Å². The summed E-state index contributed by atoms with van der Waals surface area (Å²) < 4.78 is 0. The molecule has 0 fully saturated rings. The minimum Gasteiger partial charge on any atom is -0.394 e. The van der Waals surface area contributed by atoms with E-state index in [2.05, 4.69) is 0 Å². The van der Waals surface area contributed by atoms with Crippen molar-refractivity contribution < 1.29 is 25.5 Å². The van der Waals surface area contributed by atoms with Crippen molar-refractivity contribution in [3.63, 3.8) is 0 Å². The quantitative estimate of drug-likeness (QED) is 0.344. The summed E-state index contributed by atoms with van der Waals surface area (Å²) in [5, 5.41) is 42.6. The first-order chi connectivity index (χ1) is 4.63. The van der Waals surface area contributed by atoms with Gasteiger partial charge >= 0.3 is 0 Å². The summed E-state index contributed by atoms with van der Waals surface area (Å²) in [6.45, 7) is -1.28. The van der Waals surface area contributed by atoms with Crippen LogP contribution in [0.1, 0.15) is 0 Å². The minimum atomic E-state index is -1.49. The van der Waals surface area contributed by atoms with Crippen LogP contribution in [0.15, 0.2) is 0 Å². The van der Waals surface area contributed by atoms with Crippen LogP contribution in [0.2, 0.25) is 0 Å². The molecule has 0 amide bonds. The molecule has 11 heavy (non-hydrogen) atoms. The molecule has 0 spiro atoms. The minimum absolute atomic E-state index is 0. The maximum absolute atomic E-state index is 8.77. The van der Waals surface area contributed by atoms with Crippen molar-refractivity contribution in [2.45, 2.75) is 18.3 Å². The van der Waals surface area contributed by atoms with Crippen LogP contribution in [-0.4, -0.2) is 81.0 Å². The fraction of sp³-hybridized carbons (Fsp3) is 1.00. The van der Waals surface area contributed by atoms with Crippen LogP contribution >= 0.6 is 0 Å². The first-order valence-corrected chi connectivity index (χ1v) is 2.89. The van der Waals surface area contributed by atoms with Crippen LogP contribution in [0.5, 0.6) is 0 Å². The van der Waals surface area contributed by atoms with Crippen LogP contribution in [0, 0.1) is 0 Å². The molecule has 1 unspecified atom stereocenters. The fourth-order valence-electron chi connectivity index (χ4n) is 0.472. The van der Waals surface area contributed by atoms with Crippen molar-refractivity contribution in [2.24, 2.45) is 0 Å². The van der Waals surface area contributed by atoms with Gasteiger partial charge in [-0.3, -0.25) is 0 Å². The molecule has 5 nitrogen and oxygen atoms in total. The molecule has 0 saturated carbocycles. The molecule has 6 heteroatoms. The Balaban J connectivity index is 0. The van der Waals surface area contributed by atoms with Gasteiger partial charge in [-0.1, -0.05) is 0 Å². The van der Waals surface area contributed by atoms with E-state index in [-0.39, 0.29) is 23.9 Å². The molecule has 5 N–H and O–H groups in total. The number of hydrogen-bond acceptors (Lipinski definition) is 5. The van der Waals surface area contributed by atoms with Crippen LogP contribution in [0.25, 0.3) is 0 Å². The predicted molar refractivity (Wildman–Crippen MR) is 37.9 cm³/mol. The van der Waals surface area contributed by atoms with Crippen LogP contribution in [0.4, 0.5) is 0 Å².